The van der Waals surface area contributed by atoms with Crippen molar-refractivity contribution in [3.05, 3.63) is 59.1 Å². The van der Waals surface area contributed by atoms with Crippen LogP contribution < -0.4 is 5.32 Å². The van der Waals surface area contributed by atoms with E-state index in [4.69, 9.17) is 11.6 Å². The van der Waals surface area contributed by atoms with Gasteiger partial charge in [0.25, 0.3) is 5.91 Å². The second kappa shape index (κ2) is 6.93. The molecule has 0 bridgehead atoms. The molecule has 3 rings (SSSR count). The minimum absolute atomic E-state index is 0.193. The molecular weight excluding hydrogens is 348 g/mol. The predicted octanol–water partition coefficient (Wildman–Crippen LogP) is 3.38. The molecule has 2 aromatic carbocycles. The van der Waals surface area contributed by atoms with Crippen LogP contribution in [0.5, 0.6) is 0 Å². The van der Waals surface area contributed by atoms with Crippen molar-refractivity contribution in [1.29, 1.82) is 0 Å². The highest BCUT2D eigenvalue weighted by atomic mass is 35.5. The average molecular weight is 365 g/mol. The zero-order valence-corrected chi connectivity index (χ0v) is 14.5. The molecule has 1 aliphatic rings. The number of hydrogen-bond acceptors (Lipinski definition) is 3. The summed E-state index contributed by atoms with van der Waals surface area (Å²) in [6.45, 7) is 1.09. The highest BCUT2D eigenvalue weighted by Crippen LogP contribution is 2.23. The number of carbonyl (C=O) groups excluding carboxylic acids is 1. The number of amides is 1. The van der Waals surface area contributed by atoms with Gasteiger partial charge >= 0.3 is 0 Å². The molecule has 0 aromatic heterocycles. The third kappa shape index (κ3) is 3.61. The molecule has 1 saturated heterocycles. The summed E-state index contributed by atoms with van der Waals surface area (Å²) < 4.78 is 26.6. The maximum absolute atomic E-state index is 12.6. The number of anilines is 1. The van der Waals surface area contributed by atoms with Gasteiger partial charge in [0.05, 0.1) is 4.90 Å². The van der Waals surface area contributed by atoms with E-state index in [2.05, 4.69) is 5.32 Å². The number of benzene rings is 2. The fourth-order valence-electron chi connectivity index (χ4n) is 2.62. The Morgan fingerprint density at radius 1 is 1.04 bits per heavy atom. The lowest BCUT2D eigenvalue weighted by atomic mass is 10.2. The Hall–Kier alpha value is -1.89. The first-order valence-corrected chi connectivity index (χ1v) is 9.46. The molecule has 1 fully saturated rings. The molecule has 1 heterocycles. The van der Waals surface area contributed by atoms with Crippen molar-refractivity contribution >= 4 is 33.2 Å². The van der Waals surface area contributed by atoms with Gasteiger partial charge in [-0.25, -0.2) is 8.42 Å². The van der Waals surface area contributed by atoms with Gasteiger partial charge in [-0.15, -0.1) is 0 Å². The summed E-state index contributed by atoms with van der Waals surface area (Å²) in [6, 6.07) is 12.8. The second-order valence-corrected chi connectivity index (χ2v) is 7.97. The van der Waals surface area contributed by atoms with Crippen LogP contribution in [-0.2, 0) is 10.0 Å². The summed E-state index contributed by atoms with van der Waals surface area (Å²) in [7, 11) is -3.50. The fraction of sp³-hybridized carbons (Fsp3) is 0.235. The molecule has 7 heteroatoms. The Morgan fingerprint density at radius 3 is 2.38 bits per heavy atom. The van der Waals surface area contributed by atoms with E-state index in [1.807, 2.05) is 0 Å². The first-order valence-electron chi connectivity index (χ1n) is 7.64. The van der Waals surface area contributed by atoms with E-state index >= 15 is 0 Å². The van der Waals surface area contributed by atoms with Gasteiger partial charge in [0.15, 0.2) is 0 Å². The Labute approximate surface area is 146 Å². The summed E-state index contributed by atoms with van der Waals surface area (Å²) >= 11 is 5.81. The summed E-state index contributed by atoms with van der Waals surface area (Å²) in [5.41, 5.74) is 0.891. The van der Waals surface area contributed by atoms with E-state index in [-0.39, 0.29) is 10.8 Å². The van der Waals surface area contributed by atoms with Crippen molar-refractivity contribution in [2.45, 2.75) is 17.7 Å². The molecule has 0 saturated carbocycles. The number of sulfonamides is 1. The van der Waals surface area contributed by atoms with Crippen LogP contribution >= 0.6 is 11.6 Å². The molecule has 0 unspecified atom stereocenters. The smallest absolute Gasteiger partial charge is 0.255 e. The normalized spacial score (nSPS) is 15.4. The van der Waals surface area contributed by atoms with Crippen molar-refractivity contribution < 1.29 is 13.2 Å². The first kappa shape index (κ1) is 17.0. The van der Waals surface area contributed by atoms with Gasteiger partial charge in [-0.2, -0.15) is 4.31 Å². The molecule has 126 valence electrons. The van der Waals surface area contributed by atoms with Gasteiger partial charge in [-0.3, -0.25) is 4.79 Å². The molecular formula is C17H17ClN2O3S. The monoisotopic (exact) mass is 364 g/mol. The Bertz CT molecular complexity index is 844. The highest BCUT2D eigenvalue weighted by molar-refractivity contribution is 7.89. The van der Waals surface area contributed by atoms with Crippen molar-refractivity contribution in [1.82, 2.24) is 4.31 Å². The molecule has 24 heavy (non-hydrogen) atoms. The molecule has 0 aliphatic carbocycles. The quantitative estimate of drug-likeness (QED) is 0.904. The summed E-state index contributed by atoms with van der Waals surface area (Å²) in [5.74, 6) is -0.317. The number of carbonyl (C=O) groups is 1. The average Bonchev–Trinajstić information content (AvgIpc) is 3.11. The van der Waals surface area contributed by atoms with Gasteiger partial charge in [-0.05, 0) is 55.3 Å². The highest BCUT2D eigenvalue weighted by Gasteiger charge is 2.27. The van der Waals surface area contributed by atoms with E-state index in [0.717, 1.165) is 12.8 Å². The topological polar surface area (TPSA) is 66.5 Å². The predicted molar refractivity (Wildman–Crippen MR) is 93.8 cm³/mol. The standard InChI is InChI=1S/C17H17ClN2O3S/c18-14-8-6-13(7-9-14)17(21)19-15-4-3-5-16(12-15)24(22,23)20-10-1-2-11-20/h3-9,12H,1-2,10-11H2,(H,19,21). The van der Waals surface area contributed by atoms with Crippen LogP contribution in [0.25, 0.3) is 0 Å². The molecule has 1 N–H and O–H groups in total. The number of hydrogen-bond donors (Lipinski definition) is 1. The van der Waals surface area contributed by atoms with E-state index in [9.17, 15) is 13.2 Å². The van der Waals surface area contributed by atoms with Gasteiger partial charge in [0.2, 0.25) is 10.0 Å². The van der Waals surface area contributed by atoms with Crippen LogP contribution in [0.3, 0.4) is 0 Å². The SMILES string of the molecule is O=C(Nc1cccc(S(=O)(=O)N2CCCC2)c1)c1ccc(Cl)cc1. The third-order valence-electron chi connectivity index (χ3n) is 3.90. The van der Waals surface area contributed by atoms with Crippen LogP contribution in [0.2, 0.25) is 5.02 Å². The van der Waals surface area contributed by atoms with Gasteiger partial charge < -0.3 is 5.32 Å². The van der Waals surface area contributed by atoms with Gasteiger partial charge in [0, 0.05) is 29.4 Å². The lowest BCUT2D eigenvalue weighted by Crippen LogP contribution is -2.27. The van der Waals surface area contributed by atoms with Crippen LogP contribution in [0, 0.1) is 0 Å². The van der Waals surface area contributed by atoms with Crippen molar-refractivity contribution in [2.24, 2.45) is 0 Å². The second-order valence-electron chi connectivity index (χ2n) is 5.60. The summed E-state index contributed by atoms with van der Waals surface area (Å²) in [5, 5.41) is 3.26. The maximum Gasteiger partial charge on any atom is 0.255 e. The van der Waals surface area contributed by atoms with Crippen LogP contribution in [0.4, 0.5) is 5.69 Å². The molecule has 2 aromatic rings. The molecule has 1 aliphatic heterocycles. The minimum atomic E-state index is -3.50. The summed E-state index contributed by atoms with van der Waals surface area (Å²) in [6.07, 6.45) is 1.76. The Morgan fingerprint density at radius 2 is 1.71 bits per heavy atom. The van der Waals surface area contributed by atoms with Gasteiger partial charge in [0.1, 0.15) is 0 Å². The minimum Gasteiger partial charge on any atom is -0.322 e. The Balaban J connectivity index is 1.80. The van der Waals surface area contributed by atoms with Crippen LogP contribution in [-0.4, -0.2) is 31.7 Å². The van der Waals surface area contributed by atoms with Crippen molar-refractivity contribution in [3.8, 4) is 0 Å². The van der Waals surface area contributed by atoms with Crippen LogP contribution in [0.15, 0.2) is 53.4 Å². The molecule has 0 spiro atoms. The van der Waals surface area contributed by atoms with E-state index in [1.165, 1.54) is 10.4 Å². The number of rotatable bonds is 4. The van der Waals surface area contributed by atoms with Gasteiger partial charge in [-0.1, -0.05) is 17.7 Å². The van der Waals surface area contributed by atoms with Crippen molar-refractivity contribution in [3.63, 3.8) is 0 Å². The molecule has 0 atom stereocenters. The number of nitrogens with zero attached hydrogens (tertiary/aromatic N) is 1. The molecule has 5 nitrogen and oxygen atoms in total. The van der Waals surface area contributed by atoms with E-state index in [0.29, 0.717) is 29.4 Å². The first-order chi connectivity index (χ1) is 11.5. The maximum atomic E-state index is 12.6. The lowest BCUT2D eigenvalue weighted by Gasteiger charge is -2.16. The lowest BCUT2D eigenvalue weighted by molar-refractivity contribution is 0.102. The van der Waals surface area contributed by atoms with Crippen molar-refractivity contribution in [2.75, 3.05) is 18.4 Å². The number of nitrogens with one attached hydrogen (secondary N) is 1. The Kier molecular flexibility index (Phi) is 4.89. The fourth-order valence-corrected chi connectivity index (χ4v) is 4.31. The molecule has 0 radical (unpaired) electrons. The zero-order valence-electron chi connectivity index (χ0n) is 12.9. The number of halogens is 1. The zero-order chi connectivity index (χ0) is 17.2. The van der Waals surface area contributed by atoms with Crippen LogP contribution in [0.1, 0.15) is 23.2 Å². The largest absolute Gasteiger partial charge is 0.322 e. The third-order valence-corrected chi connectivity index (χ3v) is 6.05. The summed E-state index contributed by atoms with van der Waals surface area (Å²) in [4.78, 5) is 12.4. The van der Waals surface area contributed by atoms with E-state index < -0.39 is 10.0 Å². The molecule has 1 amide bonds. The van der Waals surface area contributed by atoms with E-state index in [1.54, 1.807) is 42.5 Å².